The van der Waals surface area contributed by atoms with Gasteiger partial charge in [0.25, 0.3) is 5.91 Å². The first kappa shape index (κ1) is 21.6. The van der Waals surface area contributed by atoms with Gasteiger partial charge in [0.1, 0.15) is 5.57 Å². The molecule has 4 N–H and O–H groups in total. The van der Waals surface area contributed by atoms with Gasteiger partial charge in [0.2, 0.25) is 17.3 Å². The summed E-state index contributed by atoms with van der Waals surface area (Å²) in [7, 11) is 0. The third-order valence-electron chi connectivity index (χ3n) is 7.22. The van der Waals surface area contributed by atoms with Gasteiger partial charge in [-0.25, -0.2) is 4.58 Å². The second-order valence-corrected chi connectivity index (χ2v) is 9.40. The number of dihydropyridines is 1. The van der Waals surface area contributed by atoms with E-state index in [9.17, 15) is 14.4 Å². The minimum atomic E-state index is -1.24. The molecule has 176 valence electrons. The number of anilines is 1. The van der Waals surface area contributed by atoms with E-state index < -0.39 is 17.1 Å². The molecular formula is C26H23ClN5O3+. The number of fused-ring (bicyclic) bond motifs is 3. The fourth-order valence-electron chi connectivity index (χ4n) is 5.69. The lowest BCUT2D eigenvalue weighted by atomic mass is 9.73. The first-order chi connectivity index (χ1) is 16.8. The van der Waals surface area contributed by atoms with Gasteiger partial charge in [0.15, 0.2) is 23.0 Å². The maximum atomic E-state index is 13.6. The van der Waals surface area contributed by atoms with Crippen molar-refractivity contribution < 1.29 is 19.0 Å². The average molecular weight is 489 g/mol. The summed E-state index contributed by atoms with van der Waals surface area (Å²) in [5, 5.41) is 5.76. The third kappa shape index (κ3) is 2.57. The van der Waals surface area contributed by atoms with E-state index in [-0.39, 0.29) is 28.7 Å². The summed E-state index contributed by atoms with van der Waals surface area (Å²) >= 11 is 6.76. The smallest absolute Gasteiger partial charge is 0.254 e. The van der Waals surface area contributed by atoms with Crippen molar-refractivity contribution in [1.82, 2.24) is 10.6 Å². The molecule has 1 spiro atoms. The molecule has 8 nitrogen and oxygen atoms in total. The van der Waals surface area contributed by atoms with E-state index in [2.05, 4.69) is 10.6 Å². The van der Waals surface area contributed by atoms with Crippen molar-refractivity contribution in [2.75, 3.05) is 11.4 Å². The first-order valence-corrected chi connectivity index (χ1v) is 11.9. The Balaban J connectivity index is 1.62. The number of Topliss-reactive ketones (excluding diaryl/α,β-unsaturated/α-hetero) is 2. The number of rotatable bonds is 2. The lowest BCUT2D eigenvalue weighted by Crippen LogP contribution is -2.83. The zero-order valence-electron chi connectivity index (χ0n) is 19.1. The zero-order chi connectivity index (χ0) is 24.6. The normalized spacial score (nSPS) is 27.3. The molecule has 6 rings (SSSR count). The molecule has 0 bridgehead atoms. The lowest BCUT2D eigenvalue weighted by molar-refractivity contribution is -0.486. The fourth-order valence-corrected chi connectivity index (χ4v) is 6.05. The number of amidine groups is 1. The molecular weight excluding hydrogens is 466 g/mol. The molecule has 0 saturated carbocycles. The predicted molar refractivity (Wildman–Crippen MR) is 131 cm³/mol. The molecule has 1 fully saturated rings. The van der Waals surface area contributed by atoms with Crippen molar-refractivity contribution in [2.24, 2.45) is 5.73 Å². The third-order valence-corrected chi connectivity index (χ3v) is 7.73. The predicted octanol–water partition coefficient (Wildman–Crippen LogP) is 1.87. The average Bonchev–Trinajstić information content (AvgIpc) is 2.87. The molecule has 2 aromatic carbocycles. The van der Waals surface area contributed by atoms with Crippen LogP contribution in [0.5, 0.6) is 0 Å². The highest BCUT2D eigenvalue weighted by Crippen LogP contribution is 2.49. The summed E-state index contributed by atoms with van der Waals surface area (Å²) in [6.07, 6.45) is 0. The summed E-state index contributed by atoms with van der Waals surface area (Å²) in [5.41, 5.74) is 7.70. The van der Waals surface area contributed by atoms with Crippen LogP contribution < -0.4 is 21.3 Å². The van der Waals surface area contributed by atoms with Gasteiger partial charge < -0.3 is 5.73 Å². The molecule has 3 aliphatic heterocycles. The summed E-state index contributed by atoms with van der Waals surface area (Å²) in [6, 6.07) is 15.0. The Labute approximate surface area is 206 Å². The maximum Gasteiger partial charge on any atom is 0.254 e. The fraction of sp³-hybridized carbons (Fsp3) is 0.231. The van der Waals surface area contributed by atoms with Gasteiger partial charge >= 0.3 is 0 Å². The van der Waals surface area contributed by atoms with Crippen LogP contribution in [0.4, 0.5) is 5.69 Å². The molecule has 3 atom stereocenters. The summed E-state index contributed by atoms with van der Waals surface area (Å²) < 4.78 is 1.94. The number of hydrogen-bond donors (Lipinski definition) is 3. The number of amides is 1. The van der Waals surface area contributed by atoms with Crippen LogP contribution >= 0.6 is 11.6 Å². The van der Waals surface area contributed by atoms with Crippen LogP contribution in [0, 0.1) is 0 Å². The Morgan fingerprint density at radius 3 is 2.40 bits per heavy atom. The minimum absolute atomic E-state index is 0.161. The molecule has 3 heterocycles. The molecule has 9 heteroatoms. The van der Waals surface area contributed by atoms with E-state index >= 15 is 0 Å². The van der Waals surface area contributed by atoms with E-state index in [0.717, 1.165) is 5.84 Å². The lowest BCUT2D eigenvalue weighted by Gasteiger charge is -2.56. The largest absolute Gasteiger partial charge is 0.398 e. The summed E-state index contributed by atoms with van der Waals surface area (Å²) in [5.74, 6) is 0.484. The van der Waals surface area contributed by atoms with E-state index in [0.29, 0.717) is 34.8 Å². The number of nitrogens with zero attached hydrogens (tertiary/aromatic N) is 2. The number of nitrogens with two attached hydrogens (primary N) is 1. The van der Waals surface area contributed by atoms with E-state index in [1.807, 2.05) is 48.8 Å². The SMILES string of the molecule is CC[N+]1=C(C)NC2(C3=C1NC1C(=O)c4ccccc4C(=O)C1=C3N)C(Cl)C(=O)N2c1ccccc1. The highest BCUT2D eigenvalue weighted by atomic mass is 35.5. The Morgan fingerprint density at radius 1 is 1.06 bits per heavy atom. The second kappa shape index (κ2) is 7.29. The zero-order valence-corrected chi connectivity index (χ0v) is 19.9. The molecule has 1 amide bonds. The van der Waals surface area contributed by atoms with Crippen molar-refractivity contribution in [3.05, 3.63) is 88.4 Å². The molecule has 4 aliphatic rings. The molecule has 35 heavy (non-hydrogen) atoms. The number of para-hydroxylation sites is 1. The second-order valence-electron chi connectivity index (χ2n) is 8.96. The molecule has 0 aromatic heterocycles. The van der Waals surface area contributed by atoms with Crippen molar-refractivity contribution in [3.63, 3.8) is 0 Å². The van der Waals surface area contributed by atoms with Gasteiger partial charge in [-0.1, -0.05) is 42.5 Å². The van der Waals surface area contributed by atoms with Crippen LogP contribution in [-0.4, -0.2) is 51.5 Å². The van der Waals surface area contributed by atoms with Gasteiger partial charge in [-0.2, -0.15) is 0 Å². The Morgan fingerprint density at radius 2 is 1.71 bits per heavy atom. The highest BCUT2D eigenvalue weighted by Gasteiger charge is 2.70. The van der Waals surface area contributed by atoms with Crippen molar-refractivity contribution in [1.29, 1.82) is 0 Å². The molecule has 0 radical (unpaired) electrons. The number of alkyl halides is 1. The quantitative estimate of drug-likeness (QED) is 0.338. The molecule has 1 aliphatic carbocycles. The highest BCUT2D eigenvalue weighted by molar-refractivity contribution is 6.39. The van der Waals surface area contributed by atoms with Crippen LogP contribution in [-0.2, 0) is 4.79 Å². The Kier molecular flexibility index (Phi) is 4.50. The first-order valence-electron chi connectivity index (χ1n) is 11.4. The minimum Gasteiger partial charge on any atom is -0.398 e. The van der Waals surface area contributed by atoms with Gasteiger partial charge in [-0.15, -0.1) is 11.6 Å². The number of benzene rings is 2. The van der Waals surface area contributed by atoms with Crippen LogP contribution in [0.1, 0.15) is 34.6 Å². The number of ketones is 2. The number of carbonyl (C=O) groups excluding carboxylic acids is 3. The van der Waals surface area contributed by atoms with Gasteiger partial charge in [-0.05, 0) is 19.1 Å². The monoisotopic (exact) mass is 488 g/mol. The van der Waals surface area contributed by atoms with Crippen LogP contribution in [0.3, 0.4) is 0 Å². The van der Waals surface area contributed by atoms with E-state index in [4.69, 9.17) is 17.3 Å². The molecule has 1 saturated heterocycles. The number of nitrogens with one attached hydrogen (secondary N) is 2. The van der Waals surface area contributed by atoms with Gasteiger partial charge in [0.05, 0.1) is 17.8 Å². The van der Waals surface area contributed by atoms with Crippen LogP contribution in [0.2, 0.25) is 0 Å². The maximum absolute atomic E-state index is 13.6. The molecule has 3 unspecified atom stereocenters. The van der Waals surface area contributed by atoms with Crippen LogP contribution in [0.15, 0.2) is 77.3 Å². The number of halogens is 1. The van der Waals surface area contributed by atoms with Gasteiger partial charge in [0, 0.05) is 23.7 Å². The number of hydrogen-bond acceptors (Lipinski definition) is 6. The standard InChI is InChI=1S/C26H22ClN5O3/c1-3-31-13(2)30-26(23(27)25(35)32(26)14-9-5-4-6-10-14)18-19(28)17-20(29-24(18)31)22(34)16-12-8-7-11-15(16)21(17)33/h4-12,20,23H,3H2,1-2H3,(H3,28,29,33)/p+1. The van der Waals surface area contributed by atoms with E-state index in [1.54, 1.807) is 29.2 Å². The van der Waals surface area contributed by atoms with Crippen molar-refractivity contribution >= 4 is 40.6 Å². The Bertz CT molecular complexity index is 1440. The van der Waals surface area contributed by atoms with Gasteiger partial charge in [-0.3, -0.25) is 29.9 Å². The number of carbonyl (C=O) groups is 3. The Hall–Kier alpha value is -3.91. The summed E-state index contributed by atoms with van der Waals surface area (Å²) in [4.78, 5) is 41.8. The van der Waals surface area contributed by atoms with Crippen LogP contribution in [0.25, 0.3) is 0 Å². The molecule has 2 aromatic rings. The topological polar surface area (TPSA) is 108 Å². The van der Waals surface area contributed by atoms with E-state index in [1.165, 1.54) is 0 Å². The summed E-state index contributed by atoms with van der Waals surface area (Å²) in [6.45, 7) is 4.40. The van der Waals surface area contributed by atoms with Crippen molar-refractivity contribution in [2.45, 2.75) is 30.9 Å². The number of β-lactam (4-membered cyclic amide) rings is 1. The van der Waals surface area contributed by atoms with Crippen molar-refractivity contribution in [3.8, 4) is 0 Å².